The molecule has 1 aromatic carbocycles. The number of benzene rings is 1. The number of halogens is 1. The van der Waals surface area contributed by atoms with Gasteiger partial charge in [0.2, 0.25) is 12.2 Å². The van der Waals surface area contributed by atoms with Crippen LogP contribution in [0.25, 0.3) is 0 Å². The number of carbonyl (C=O) groups is 1. The Bertz CT molecular complexity index is 536. The van der Waals surface area contributed by atoms with E-state index in [-0.39, 0.29) is 12.5 Å². The number of hydrogen-bond donors (Lipinski definition) is 0. The number of nitrogens with zero attached hydrogens (tertiary/aromatic N) is 1. The van der Waals surface area contributed by atoms with Crippen LogP contribution < -0.4 is 0 Å². The molecule has 1 fully saturated rings. The van der Waals surface area contributed by atoms with E-state index in [9.17, 15) is 4.79 Å². The zero-order chi connectivity index (χ0) is 14.8. The lowest BCUT2D eigenvalue weighted by Gasteiger charge is -2.17. The second-order valence-corrected chi connectivity index (χ2v) is 6.12. The van der Waals surface area contributed by atoms with Crippen LogP contribution in [0.2, 0.25) is 0 Å². The Hall–Kier alpha value is -1.40. The van der Waals surface area contributed by atoms with Crippen molar-refractivity contribution in [1.82, 2.24) is 0 Å². The van der Waals surface area contributed by atoms with Crippen LogP contribution in [0.1, 0.15) is 32.6 Å². The van der Waals surface area contributed by atoms with Crippen molar-refractivity contribution in [2.45, 2.75) is 32.7 Å². The maximum Gasteiger partial charge on any atom is 0.437 e. The van der Waals surface area contributed by atoms with Crippen LogP contribution in [0.15, 0.2) is 33.7 Å². The van der Waals surface area contributed by atoms with E-state index < -0.39 is 18.0 Å². The molecular weight excluding hydrogens is 326 g/mol. The Labute approximate surface area is 126 Å². The minimum absolute atomic E-state index is 0.144. The molecule has 0 aliphatic carbocycles. The first-order valence-electron chi connectivity index (χ1n) is 6.18. The zero-order valence-corrected chi connectivity index (χ0v) is 13.1. The van der Waals surface area contributed by atoms with E-state index in [1.165, 1.54) is 0 Å². The van der Waals surface area contributed by atoms with E-state index in [0.717, 1.165) is 10.0 Å². The van der Waals surface area contributed by atoms with E-state index in [2.05, 4.69) is 20.9 Å². The molecule has 0 spiro atoms. The van der Waals surface area contributed by atoms with Crippen molar-refractivity contribution < 1.29 is 19.0 Å². The fourth-order valence-electron chi connectivity index (χ4n) is 1.60. The van der Waals surface area contributed by atoms with Gasteiger partial charge in [0.1, 0.15) is 12.2 Å². The number of amides is 1. The van der Waals surface area contributed by atoms with Crippen LogP contribution in [-0.4, -0.2) is 24.2 Å². The van der Waals surface area contributed by atoms with E-state index in [0.29, 0.717) is 0 Å². The van der Waals surface area contributed by atoms with Crippen molar-refractivity contribution in [1.29, 1.82) is 0 Å². The quantitative estimate of drug-likeness (QED) is 0.778. The van der Waals surface area contributed by atoms with Gasteiger partial charge in [0, 0.05) is 10.0 Å². The largest absolute Gasteiger partial charge is 0.445 e. The Balaban J connectivity index is 2.02. The van der Waals surface area contributed by atoms with Crippen molar-refractivity contribution in [3.63, 3.8) is 0 Å². The van der Waals surface area contributed by atoms with Crippen LogP contribution in [0.3, 0.4) is 0 Å². The molecule has 0 bridgehead atoms. The van der Waals surface area contributed by atoms with E-state index >= 15 is 0 Å². The molecule has 1 aromatic rings. The number of hydrogen-bond acceptors (Lipinski definition) is 4. The predicted molar refractivity (Wildman–Crippen MR) is 77.6 cm³/mol. The molecule has 20 heavy (non-hydrogen) atoms. The summed E-state index contributed by atoms with van der Waals surface area (Å²) in [5.74, 6) is 0.222. The third-order valence-corrected chi connectivity index (χ3v) is 3.09. The van der Waals surface area contributed by atoms with Crippen molar-refractivity contribution in [3.05, 3.63) is 34.3 Å². The van der Waals surface area contributed by atoms with E-state index in [1.807, 2.05) is 24.3 Å². The highest BCUT2D eigenvalue weighted by Crippen LogP contribution is 2.30. The van der Waals surface area contributed by atoms with Crippen molar-refractivity contribution in [2.24, 2.45) is 4.99 Å². The molecule has 1 amide bonds. The molecule has 1 atom stereocenters. The summed E-state index contributed by atoms with van der Waals surface area (Å²) in [5.41, 5.74) is 0.268. The maximum atomic E-state index is 11.6. The van der Waals surface area contributed by atoms with Gasteiger partial charge in [-0.25, -0.2) is 4.79 Å². The fraction of sp³-hybridized carbons (Fsp3) is 0.429. The first kappa shape index (κ1) is 15.0. The van der Waals surface area contributed by atoms with Gasteiger partial charge in [-0.05, 0) is 26.8 Å². The molecule has 0 radical (unpaired) electrons. The molecular formula is C14H16BrNO4. The molecule has 0 saturated carbocycles. The summed E-state index contributed by atoms with van der Waals surface area (Å²) in [4.78, 5) is 15.3. The van der Waals surface area contributed by atoms with E-state index in [4.69, 9.17) is 14.2 Å². The summed E-state index contributed by atoms with van der Waals surface area (Å²) >= 11 is 3.43. The first-order valence-corrected chi connectivity index (χ1v) is 6.98. The second kappa shape index (κ2) is 5.93. The van der Waals surface area contributed by atoms with Crippen molar-refractivity contribution >= 4 is 27.9 Å². The lowest BCUT2D eigenvalue weighted by atomic mass is 10.2. The summed E-state index contributed by atoms with van der Waals surface area (Å²) in [6.45, 7) is 5.48. The first-order chi connectivity index (χ1) is 9.35. The third-order valence-electron chi connectivity index (χ3n) is 2.37. The van der Waals surface area contributed by atoms with Crippen LogP contribution in [-0.2, 0) is 14.2 Å². The van der Waals surface area contributed by atoms with Crippen LogP contribution in [0.4, 0.5) is 4.79 Å². The smallest absolute Gasteiger partial charge is 0.437 e. The second-order valence-electron chi connectivity index (χ2n) is 5.27. The molecule has 0 aromatic heterocycles. The average molecular weight is 342 g/mol. The number of ether oxygens (including phenoxy) is 3. The molecule has 6 heteroatoms. The predicted octanol–water partition coefficient (Wildman–Crippen LogP) is 3.83. The van der Waals surface area contributed by atoms with Gasteiger partial charge in [-0.15, -0.1) is 4.99 Å². The molecule has 1 aliphatic rings. The maximum absolute atomic E-state index is 11.6. The lowest BCUT2D eigenvalue weighted by molar-refractivity contribution is -0.0251. The average Bonchev–Trinajstić information content (AvgIpc) is 2.75. The summed E-state index contributed by atoms with van der Waals surface area (Å²) in [5, 5.41) is 0. The SMILES string of the molecule is CC(C)(C)OC(=O)N=C1COC(c2ccccc2Br)O1. The molecule has 1 heterocycles. The summed E-state index contributed by atoms with van der Waals surface area (Å²) in [6.07, 6.45) is -1.24. The Kier molecular flexibility index (Phi) is 4.45. The van der Waals surface area contributed by atoms with Gasteiger partial charge in [-0.3, -0.25) is 0 Å². The zero-order valence-electron chi connectivity index (χ0n) is 11.6. The Morgan fingerprint density at radius 1 is 1.40 bits per heavy atom. The van der Waals surface area contributed by atoms with Crippen molar-refractivity contribution in [2.75, 3.05) is 6.61 Å². The van der Waals surface area contributed by atoms with Crippen LogP contribution in [0, 0.1) is 0 Å². The third kappa shape index (κ3) is 4.05. The minimum Gasteiger partial charge on any atom is -0.445 e. The summed E-state index contributed by atoms with van der Waals surface area (Å²) in [6, 6.07) is 7.56. The topological polar surface area (TPSA) is 57.1 Å². The summed E-state index contributed by atoms with van der Waals surface area (Å²) < 4.78 is 17.0. The highest BCUT2D eigenvalue weighted by molar-refractivity contribution is 9.10. The van der Waals surface area contributed by atoms with Crippen molar-refractivity contribution in [3.8, 4) is 0 Å². The van der Waals surface area contributed by atoms with Gasteiger partial charge in [-0.2, -0.15) is 0 Å². The van der Waals surface area contributed by atoms with Gasteiger partial charge in [0.25, 0.3) is 0 Å². The Morgan fingerprint density at radius 3 is 2.75 bits per heavy atom. The summed E-state index contributed by atoms with van der Waals surface area (Å²) in [7, 11) is 0. The molecule has 1 aliphatic heterocycles. The number of rotatable bonds is 1. The molecule has 2 rings (SSSR count). The standard InChI is InChI=1S/C14H16BrNO4/c1-14(2,3)20-13(17)16-11-8-18-12(19-11)9-6-4-5-7-10(9)15/h4-7,12H,8H2,1-3H3. The fourth-order valence-corrected chi connectivity index (χ4v) is 2.07. The van der Waals surface area contributed by atoms with Gasteiger partial charge in [0.15, 0.2) is 0 Å². The van der Waals surface area contributed by atoms with Gasteiger partial charge < -0.3 is 14.2 Å². The molecule has 1 unspecified atom stereocenters. The highest BCUT2D eigenvalue weighted by Gasteiger charge is 2.27. The molecule has 0 N–H and O–H groups in total. The highest BCUT2D eigenvalue weighted by atomic mass is 79.9. The van der Waals surface area contributed by atoms with Gasteiger partial charge in [0.05, 0.1) is 0 Å². The van der Waals surface area contributed by atoms with Crippen LogP contribution >= 0.6 is 15.9 Å². The van der Waals surface area contributed by atoms with Gasteiger partial charge in [-0.1, -0.05) is 34.1 Å². The minimum atomic E-state index is -0.677. The Morgan fingerprint density at radius 2 is 2.10 bits per heavy atom. The molecule has 1 saturated heterocycles. The monoisotopic (exact) mass is 341 g/mol. The normalized spacial score (nSPS) is 20.8. The number of carbonyl (C=O) groups excluding carboxylic acids is 1. The van der Waals surface area contributed by atoms with E-state index in [1.54, 1.807) is 20.8 Å². The van der Waals surface area contributed by atoms with Gasteiger partial charge >= 0.3 is 6.09 Å². The molecule has 108 valence electrons. The van der Waals surface area contributed by atoms with Crippen LogP contribution in [0.5, 0.6) is 0 Å². The lowest BCUT2D eigenvalue weighted by Crippen LogP contribution is -2.22. The number of aliphatic imine (C=N–C) groups is 1. The molecule has 5 nitrogen and oxygen atoms in total.